The van der Waals surface area contributed by atoms with Gasteiger partial charge in [0, 0.05) is 13.8 Å². The molecule has 0 spiro atoms. The van der Waals surface area contributed by atoms with Crippen LogP contribution in [0.25, 0.3) is 0 Å². The Balaban J connectivity index is 1.50. The van der Waals surface area contributed by atoms with E-state index < -0.39 is 161 Å². The lowest BCUT2D eigenvalue weighted by Gasteiger charge is -2.49. The van der Waals surface area contributed by atoms with Crippen molar-refractivity contribution in [3.8, 4) is 0 Å². The molecule has 22 nitrogen and oxygen atoms in total. The summed E-state index contributed by atoms with van der Waals surface area (Å²) in [5.74, 6) is -1.19. The van der Waals surface area contributed by atoms with Crippen LogP contribution >= 0.6 is 0 Å². The molecule has 0 aromatic heterocycles. The molecule has 0 aromatic rings. The van der Waals surface area contributed by atoms with Crippen LogP contribution in [0, 0.1) is 0 Å². The third-order valence-electron chi connectivity index (χ3n) is 9.26. The molecule has 0 aromatic carbocycles. The van der Waals surface area contributed by atoms with E-state index in [0.717, 1.165) is 6.92 Å². The number of ether oxygens (including phenoxy) is 7. The van der Waals surface area contributed by atoms with Gasteiger partial charge in [-0.3, -0.25) is 9.59 Å². The standard InChI is InChI=1S/C29H50N2O20/c1-8-15(30-9(2)35)19(39)25(12(5-33)46-8)50-27-16(31-10(3)36)20(40)26(13(6-34)48-27)51-29-24(44)22(42)18(38)14(49-29)7-45-28-23(43)21(41)17(37)11(4-32)47-28/h8,11-29,32-34,37-44H,4-7H2,1-3H3,(H,30,35)(H,31,36)/t8-,11?,12?,13?,14?,15?,16?,17-,18-,19+,20+,21-,22-,23?,24?,25-,26-,27-,28+,29-/m0/s1. The van der Waals surface area contributed by atoms with Crippen LogP contribution in [0.2, 0.25) is 0 Å². The molecule has 2 amide bonds. The Labute approximate surface area is 291 Å². The first-order valence-corrected chi connectivity index (χ1v) is 16.4. The zero-order valence-corrected chi connectivity index (χ0v) is 28.0. The fraction of sp³-hybridized carbons (Fsp3) is 0.931. The number of aliphatic hydroxyl groups excluding tert-OH is 11. The fourth-order valence-electron chi connectivity index (χ4n) is 6.50. The first-order chi connectivity index (χ1) is 24.0. The third-order valence-corrected chi connectivity index (χ3v) is 9.26. The van der Waals surface area contributed by atoms with E-state index in [1.54, 1.807) is 6.92 Å². The molecule has 0 aliphatic carbocycles. The highest BCUT2D eigenvalue weighted by atomic mass is 16.8. The fourth-order valence-corrected chi connectivity index (χ4v) is 6.50. The van der Waals surface area contributed by atoms with Crippen molar-refractivity contribution in [1.29, 1.82) is 0 Å². The average Bonchev–Trinajstić information content (AvgIpc) is 3.09. The van der Waals surface area contributed by atoms with Crippen LogP contribution in [0.1, 0.15) is 20.8 Å². The van der Waals surface area contributed by atoms with Gasteiger partial charge in [-0.1, -0.05) is 0 Å². The number of amides is 2. The number of hydrogen-bond acceptors (Lipinski definition) is 20. The second-order valence-corrected chi connectivity index (χ2v) is 13.0. The van der Waals surface area contributed by atoms with Gasteiger partial charge < -0.3 is 100.0 Å². The summed E-state index contributed by atoms with van der Waals surface area (Å²) >= 11 is 0. The molecule has 51 heavy (non-hydrogen) atoms. The van der Waals surface area contributed by atoms with E-state index in [-0.39, 0.29) is 0 Å². The first-order valence-electron chi connectivity index (χ1n) is 16.4. The van der Waals surface area contributed by atoms with Gasteiger partial charge in [-0.25, -0.2) is 0 Å². The third kappa shape index (κ3) is 9.30. The molecule has 296 valence electrons. The van der Waals surface area contributed by atoms with Gasteiger partial charge in [0.05, 0.1) is 38.6 Å². The molecule has 22 heteroatoms. The summed E-state index contributed by atoms with van der Waals surface area (Å²) in [7, 11) is 0. The Morgan fingerprint density at radius 1 is 0.529 bits per heavy atom. The molecule has 13 N–H and O–H groups in total. The molecule has 0 saturated carbocycles. The van der Waals surface area contributed by atoms with E-state index in [4.69, 9.17) is 33.2 Å². The van der Waals surface area contributed by atoms with E-state index in [0.29, 0.717) is 0 Å². The van der Waals surface area contributed by atoms with Gasteiger partial charge in [0.25, 0.3) is 0 Å². The Morgan fingerprint density at radius 2 is 0.961 bits per heavy atom. The van der Waals surface area contributed by atoms with Crippen LogP contribution < -0.4 is 10.6 Å². The second-order valence-electron chi connectivity index (χ2n) is 13.0. The monoisotopic (exact) mass is 746 g/mol. The molecular formula is C29H50N2O20. The highest BCUT2D eigenvalue weighted by Gasteiger charge is 2.54. The largest absolute Gasteiger partial charge is 0.394 e. The van der Waals surface area contributed by atoms with Crippen molar-refractivity contribution < 1.29 is 98.9 Å². The van der Waals surface area contributed by atoms with Crippen molar-refractivity contribution in [3.63, 3.8) is 0 Å². The molecule has 4 rings (SSSR count). The maximum absolute atomic E-state index is 12.2. The maximum Gasteiger partial charge on any atom is 0.217 e. The molecule has 4 heterocycles. The SMILES string of the molecule is CC(=O)NC1[C@H](O[C@H]2C(CO)O[C@@H](C)C(NC(C)=O)[C@H]2O)OC(CO)[C@H](O[C@@H]2OC(CO[C@@H]3OC(CO)[C@H](O)[C@H](O)C3O)[C@H](O)[C@H](O)C2O)[C@@H]1O. The van der Waals surface area contributed by atoms with Crippen molar-refractivity contribution in [1.82, 2.24) is 10.6 Å². The van der Waals surface area contributed by atoms with Gasteiger partial charge in [0.15, 0.2) is 18.9 Å². The highest BCUT2D eigenvalue weighted by Crippen LogP contribution is 2.33. The molecule has 4 fully saturated rings. The van der Waals surface area contributed by atoms with Crippen molar-refractivity contribution in [2.75, 3.05) is 26.4 Å². The van der Waals surface area contributed by atoms with Crippen molar-refractivity contribution in [2.24, 2.45) is 0 Å². The van der Waals surface area contributed by atoms with Crippen LogP contribution in [-0.4, -0.2) is 217 Å². The van der Waals surface area contributed by atoms with Crippen LogP contribution in [0.3, 0.4) is 0 Å². The zero-order valence-electron chi connectivity index (χ0n) is 28.0. The normalized spacial score (nSPS) is 47.8. The topological polar surface area (TPSA) is 345 Å². The number of nitrogens with one attached hydrogen (secondary N) is 2. The Bertz CT molecular complexity index is 1140. The highest BCUT2D eigenvalue weighted by molar-refractivity contribution is 5.73. The van der Waals surface area contributed by atoms with Crippen molar-refractivity contribution in [3.05, 3.63) is 0 Å². The van der Waals surface area contributed by atoms with Crippen LogP contribution in [0.4, 0.5) is 0 Å². The molecule has 0 bridgehead atoms. The summed E-state index contributed by atoms with van der Waals surface area (Å²) in [5, 5.41) is 119. The van der Waals surface area contributed by atoms with E-state index in [9.17, 15) is 65.8 Å². The summed E-state index contributed by atoms with van der Waals surface area (Å²) in [4.78, 5) is 24.0. The quantitative estimate of drug-likeness (QED) is 0.0881. The predicted molar refractivity (Wildman–Crippen MR) is 161 cm³/mol. The van der Waals surface area contributed by atoms with Crippen LogP contribution in [0.5, 0.6) is 0 Å². The zero-order chi connectivity index (χ0) is 37.9. The lowest BCUT2D eigenvalue weighted by Crippen LogP contribution is -2.70. The second kappa shape index (κ2) is 18.0. The minimum Gasteiger partial charge on any atom is -0.394 e. The van der Waals surface area contributed by atoms with Crippen molar-refractivity contribution in [2.45, 2.75) is 143 Å². The summed E-state index contributed by atoms with van der Waals surface area (Å²) in [6.45, 7) is 0.927. The van der Waals surface area contributed by atoms with Crippen LogP contribution in [-0.2, 0) is 42.7 Å². The summed E-state index contributed by atoms with van der Waals surface area (Å²) in [6.07, 6.45) is -28.8. The minimum atomic E-state index is -1.98. The van der Waals surface area contributed by atoms with E-state index in [1.807, 2.05) is 0 Å². The van der Waals surface area contributed by atoms with E-state index >= 15 is 0 Å². The lowest BCUT2D eigenvalue weighted by atomic mass is 9.92. The van der Waals surface area contributed by atoms with Gasteiger partial charge in [-0.05, 0) is 6.92 Å². The summed E-state index contributed by atoms with van der Waals surface area (Å²) in [6, 6.07) is -2.51. The summed E-state index contributed by atoms with van der Waals surface area (Å²) < 4.78 is 39.6. The Hall–Kier alpha value is -1.78. The predicted octanol–water partition coefficient (Wildman–Crippen LogP) is -8.39. The van der Waals surface area contributed by atoms with Gasteiger partial charge in [-0.15, -0.1) is 0 Å². The van der Waals surface area contributed by atoms with Gasteiger partial charge >= 0.3 is 0 Å². The van der Waals surface area contributed by atoms with Gasteiger partial charge in [0.1, 0.15) is 91.5 Å². The number of carbonyl (C=O) groups excluding carboxylic acids is 2. The average molecular weight is 747 g/mol. The maximum atomic E-state index is 12.2. The Morgan fingerprint density at radius 3 is 1.51 bits per heavy atom. The molecule has 8 unspecified atom stereocenters. The minimum absolute atomic E-state index is 0.496. The van der Waals surface area contributed by atoms with E-state index in [1.165, 1.54) is 6.92 Å². The lowest BCUT2D eigenvalue weighted by molar-refractivity contribution is -0.363. The molecule has 4 aliphatic heterocycles. The molecule has 4 aliphatic rings. The van der Waals surface area contributed by atoms with Gasteiger partial charge in [0.2, 0.25) is 11.8 Å². The summed E-state index contributed by atoms with van der Waals surface area (Å²) in [5.41, 5.74) is 0. The van der Waals surface area contributed by atoms with Crippen molar-refractivity contribution >= 4 is 11.8 Å². The molecule has 0 radical (unpaired) electrons. The molecular weight excluding hydrogens is 696 g/mol. The van der Waals surface area contributed by atoms with Gasteiger partial charge in [-0.2, -0.15) is 0 Å². The Kier molecular flexibility index (Phi) is 14.8. The van der Waals surface area contributed by atoms with Crippen LogP contribution in [0.15, 0.2) is 0 Å². The van der Waals surface area contributed by atoms with E-state index in [2.05, 4.69) is 10.6 Å². The molecule has 4 saturated heterocycles. The first kappa shape index (κ1) is 42.0. The molecule has 20 atom stereocenters. The smallest absolute Gasteiger partial charge is 0.217 e. The number of aliphatic hydroxyl groups is 11. The number of carbonyl (C=O) groups is 2. The number of rotatable bonds is 12. The number of hydrogen-bond donors (Lipinski definition) is 13.